The Balaban J connectivity index is 1.44. The largest absolute Gasteiger partial charge is 0.352 e. The standard InChI is InChI=1S/C22H27N3O2/c1-2-4-17-6-8-19(9-7-17)21(26)24-15-18-10-13-25(14-11-18)22(27)20-5-3-12-23-16-20/h3,5-9,12,16,18H,2,4,10-11,13-15H2,1H3,(H,24,26). The van der Waals surface area contributed by atoms with Crippen LogP contribution in [0, 0.1) is 5.92 Å². The van der Waals surface area contributed by atoms with Gasteiger partial charge in [0, 0.05) is 37.6 Å². The Hall–Kier alpha value is -2.69. The summed E-state index contributed by atoms with van der Waals surface area (Å²) in [6.07, 6.45) is 7.23. The van der Waals surface area contributed by atoms with E-state index in [0.29, 0.717) is 23.6 Å². The monoisotopic (exact) mass is 365 g/mol. The van der Waals surface area contributed by atoms with Gasteiger partial charge in [0.1, 0.15) is 0 Å². The number of hydrogen-bond donors (Lipinski definition) is 1. The van der Waals surface area contributed by atoms with Crippen molar-refractivity contribution in [3.8, 4) is 0 Å². The lowest BCUT2D eigenvalue weighted by atomic mass is 9.96. The number of pyridine rings is 1. The molecule has 5 heteroatoms. The van der Waals surface area contributed by atoms with Crippen LogP contribution in [0.1, 0.15) is 52.5 Å². The number of hydrogen-bond acceptors (Lipinski definition) is 3. The Morgan fingerprint density at radius 2 is 1.85 bits per heavy atom. The number of nitrogens with one attached hydrogen (secondary N) is 1. The van der Waals surface area contributed by atoms with Crippen molar-refractivity contribution >= 4 is 11.8 Å². The summed E-state index contributed by atoms with van der Waals surface area (Å²) in [6.45, 7) is 4.25. The van der Waals surface area contributed by atoms with E-state index >= 15 is 0 Å². The van der Waals surface area contributed by atoms with Gasteiger partial charge >= 0.3 is 0 Å². The molecule has 1 aromatic heterocycles. The predicted molar refractivity (Wildman–Crippen MR) is 106 cm³/mol. The highest BCUT2D eigenvalue weighted by Crippen LogP contribution is 2.18. The van der Waals surface area contributed by atoms with Crippen molar-refractivity contribution < 1.29 is 9.59 Å². The lowest BCUT2D eigenvalue weighted by Crippen LogP contribution is -2.41. The molecule has 1 N–H and O–H groups in total. The molecule has 0 aliphatic carbocycles. The Kier molecular flexibility index (Phi) is 6.58. The number of amides is 2. The highest BCUT2D eigenvalue weighted by atomic mass is 16.2. The summed E-state index contributed by atoms with van der Waals surface area (Å²) >= 11 is 0. The van der Waals surface area contributed by atoms with Crippen LogP contribution < -0.4 is 5.32 Å². The predicted octanol–water partition coefficient (Wildman–Crippen LogP) is 3.32. The van der Waals surface area contributed by atoms with E-state index in [1.54, 1.807) is 24.5 Å². The molecule has 0 unspecified atom stereocenters. The van der Waals surface area contributed by atoms with E-state index in [2.05, 4.69) is 17.2 Å². The normalized spacial score (nSPS) is 14.8. The van der Waals surface area contributed by atoms with E-state index < -0.39 is 0 Å². The fourth-order valence-corrected chi connectivity index (χ4v) is 3.46. The van der Waals surface area contributed by atoms with Crippen molar-refractivity contribution in [3.63, 3.8) is 0 Å². The van der Waals surface area contributed by atoms with Crippen molar-refractivity contribution in [2.45, 2.75) is 32.6 Å². The minimum atomic E-state index is -0.0214. The second-order valence-corrected chi connectivity index (χ2v) is 7.13. The van der Waals surface area contributed by atoms with Crippen LogP contribution in [-0.2, 0) is 6.42 Å². The molecular formula is C22H27N3O2. The Morgan fingerprint density at radius 3 is 2.48 bits per heavy atom. The van der Waals surface area contributed by atoms with Crippen molar-refractivity contribution in [1.29, 1.82) is 0 Å². The van der Waals surface area contributed by atoms with Crippen molar-refractivity contribution in [2.75, 3.05) is 19.6 Å². The zero-order chi connectivity index (χ0) is 19.1. The first-order chi connectivity index (χ1) is 13.2. The molecule has 2 heterocycles. The van der Waals surface area contributed by atoms with Crippen LogP contribution in [0.25, 0.3) is 0 Å². The van der Waals surface area contributed by atoms with E-state index in [0.717, 1.165) is 38.8 Å². The molecular weight excluding hydrogens is 338 g/mol. The van der Waals surface area contributed by atoms with Crippen LogP contribution in [0.5, 0.6) is 0 Å². The van der Waals surface area contributed by atoms with Gasteiger partial charge in [0.05, 0.1) is 5.56 Å². The first-order valence-corrected chi connectivity index (χ1v) is 9.74. The van der Waals surface area contributed by atoms with Crippen LogP contribution in [-0.4, -0.2) is 41.3 Å². The van der Waals surface area contributed by atoms with E-state index in [9.17, 15) is 9.59 Å². The third-order valence-corrected chi connectivity index (χ3v) is 5.12. The van der Waals surface area contributed by atoms with Gasteiger partial charge < -0.3 is 10.2 Å². The summed E-state index contributed by atoms with van der Waals surface area (Å²) in [7, 11) is 0. The highest BCUT2D eigenvalue weighted by Gasteiger charge is 2.24. The van der Waals surface area contributed by atoms with Gasteiger partial charge in [-0.15, -0.1) is 0 Å². The van der Waals surface area contributed by atoms with Crippen LogP contribution in [0.15, 0.2) is 48.8 Å². The maximum absolute atomic E-state index is 12.4. The van der Waals surface area contributed by atoms with Gasteiger partial charge in [0.2, 0.25) is 0 Å². The van der Waals surface area contributed by atoms with Crippen molar-refractivity contribution in [3.05, 3.63) is 65.5 Å². The lowest BCUT2D eigenvalue weighted by Gasteiger charge is -2.32. The minimum Gasteiger partial charge on any atom is -0.352 e. The summed E-state index contributed by atoms with van der Waals surface area (Å²) in [4.78, 5) is 30.7. The number of aryl methyl sites for hydroxylation is 1. The van der Waals surface area contributed by atoms with E-state index in [-0.39, 0.29) is 11.8 Å². The van der Waals surface area contributed by atoms with E-state index in [4.69, 9.17) is 0 Å². The molecule has 1 aromatic carbocycles. The summed E-state index contributed by atoms with van der Waals surface area (Å²) in [5.74, 6) is 0.427. The zero-order valence-corrected chi connectivity index (χ0v) is 15.9. The molecule has 0 saturated carbocycles. The first-order valence-electron chi connectivity index (χ1n) is 9.74. The molecule has 1 fully saturated rings. The third-order valence-electron chi connectivity index (χ3n) is 5.12. The summed E-state index contributed by atoms with van der Waals surface area (Å²) < 4.78 is 0. The fourth-order valence-electron chi connectivity index (χ4n) is 3.46. The van der Waals surface area contributed by atoms with Crippen LogP contribution in [0.3, 0.4) is 0 Å². The summed E-state index contributed by atoms with van der Waals surface area (Å²) in [5.41, 5.74) is 2.61. The highest BCUT2D eigenvalue weighted by molar-refractivity contribution is 5.94. The maximum atomic E-state index is 12.4. The van der Waals surface area contributed by atoms with Gasteiger partial charge in [-0.05, 0) is 55.0 Å². The SMILES string of the molecule is CCCc1ccc(C(=O)NCC2CCN(C(=O)c3cccnc3)CC2)cc1. The molecule has 1 saturated heterocycles. The Morgan fingerprint density at radius 1 is 1.11 bits per heavy atom. The molecule has 5 nitrogen and oxygen atoms in total. The molecule has 27 heavy (non-hydrogen) atoms. The lowest BCUT2D eigenvalue weighted by molar-refractivity contribution is 0.0684. The van der Waals surface area contributed by atoms with Crippen LogP contribution >= 0.6 is 0 Å². The molecule has 3 rings (SSSR count). The average Bonchev–Trinajstić information content (AvgIpc) is 2.73. The molecule has 2 aromatic rings. The molecule has 0 atom stereocenters. The average molecular weight is 365 g/mol. The number of nitrogens with zero attached hydrogens (tertiary/aromatic N) is 2. The van der Waals surface area contributed by atoms with Gasteiger partial charge in [-0.25, -0.2) is 0 Å². The molecule has 142 valence electrons. The summed E-state index contributed by atoms with van der Waals surface area (Å²) in [6, 6.07) is 11.4. The van der Waals surface area contributed by atoms with Crippen molar-refractivity contribution in [2.24, 2.45) is 5.92 Å². The smallest absolute Gasteiger partial charge is 0.255 e. The van der Waals surface area contributed by atoms with E-state index in [1.807, 2.05) is 29.2 Å². The molecule has 0 radical (unpaired) electrons. The molecule has 2 amide bonds. The number of piperidine rings is 1. The van der Waals surface area contributed by atoms with Gasteiger partial charge in [0.15, 0.2) is 0 Å². The fraction of sp³-hybridized carbons (Fsp3) is 0.409. The number of benzene rings is 1. The van der Waals surface area contributed by atoms with Gasteiger partial charge in [-0.2, -0.15) is 0 Å². The van der Waals surface area contributed by atoms with E-state index in [1.165, 1.54) is 5.56 Å². The maximum Gasteiger partial charge on any atom is 0.255 e. The van der Waals surface area contributed by atoms with Crippen molar-refractivity contribution in [1.82, 2.24) is 15.2 Å². The summed E-state index contributed by atoms with van der Waals surface area (Å²) in [5, 5.41) is 3.04. The second kappa shape index (κ2) is 9.31. The Labute approximate surface area is 160 Å². The Bertz CT molecular complexity index is 751. The number of likely N-dealkylation sites (tertiary alicyclic amines) is 1. The molecule has 0 bridgehead atoms. The molecule has 1 aliphatic rings. The molecule has 0 spiro atoms. The quantitative estimate of drug-likeness (QED) is 0.854. The minimum absolute atomic E-state index is 0.0214. The second-order valence-electron chi connectivity index (χ2n) is 7.13. The number of aromatic nitrogens is 1. The zero-order valence-electron chi connectivity index (χ0n) is 15.9. The number of carbonyl (C=O) groups is 2. The van der Waals surface area contributed by atoms with Crippen LogP contribution in [0.4, 0.5) is 0 Å². The third kappa shape index (κ3) is 5.16. The van der Waals surface area contributed by atoms with Gasteiger partial charge in [0.25, 0.3) is 11.8 Å². The number of rotatable bonds is 6. The molecule has 1 aliphatic heterocycles. The van der Waals surface area contributed by atoms with Gasteiger partial charge in [-0.1, -0.05) is 25.5 Å². The topological polar surface area (TPSA) is 62.3 Å². The van der Waals surface area contributed by atoms with Crippen LogP contribution in [0.2, 0.25) is 0 Å². The first kappa shape index (κ1) is 19.1. The number of carbonyl (C=O) groups excluding carboxylic acids is 2. The van der Waals surface area contributed by atoms with Gasteiger partial charge in [-0.3, -0.25) is 14.6 Å².